The lowest BCUT2D eigenvalue weighted by Gasteiger charge is -2.15. The van der Waals surface area contributed by atoms with E-state index < -0.39 is 27.9 Å². The first-order valence-electron chi connectivity index (χ1n) is 9.81. The Bertz CT molecular complexity index is 1050. The van der Waals surface area contributed by atoms with Gasteiger partial charge in [-0.05, 0) is 62.4 Å². The molecule has 0 saturated carbocycles. The molecule has 0 spiro atoms. The van der Waals surface area contributed by atoms with Gasteiger partial charge in [0.05, 0.1) is 24.1 Å². The molecular weight excluding hydrogens is 436 g/mol. The zero-order valence-corrected chi connectivity index (χ0v) is 18.8. The van der Waals surface area contributed by atoms with E-state index in [0.717, 1.165) is 0 Å². The minimum Gasteiger partial charge on any atom is -0.494 e. The average molecular weight is 463 g/mol. The molecule has 0 fully saturated rings. The first kappa shape index (κ1) is 24.8. The van der Waals surface area contributed by atoms with Crippen molar-refractivity contribution in [3.05, 3.63) is 48.5 Å². The summed E-state index contributed by atoms with van der Waals surface area (Å²) < 4.78 is 32.5. The van der Waals surface area contributed by atoms with E-state index in [-0.39, 0.29) is 17.3 Å². The summed E-state index contributed by atoms with van der Waals surface area (Å²) >= 11 is 0. The van der Waals surface area contributed by atoms with Crippen LogP contribution < -0.4 is 25.4 Å². The molecule has 0 aliphatic rings. The van der Waals surface area contributed by atoms with Gasteiger partial charge in [-0.1, -0.05) is 0 Å². The lowest BCUT2D eigenvalue weighted by Crippen LogP contribution is -2.46. The van der Waals surface area contributed by atoms with Gasteiger partial charge in [-0.15, -0.1) is 0 Å². The fraction of sp³-hybridized carbons (Fsp3) is 0.286. The van der Waals surface area contributed by atoms with Crippen molar-refractivity contribution in [2.24, 2.45) is 0 Å². The molecule has 0 radical (unpaired) electrons. The fourth-order valence-electron chi connectivity index (χ4n) is 2.60. The zero-order chi connectivity index (χ0) is 23.7. The van der Waals surface area contributed by atoms with Crippen molar-refractivity contribution >= 4 is 39.1 Å². The average Bonchev–Trinajstić information content (AvgIpc) is 2.73. The lowest BCUT2D eigenvalue weighted by molar-refractivity contribution is -0.125. The van der Waals surface area contributed by atoms with Gasteiger partial charge in [0.25, 0.3) is 0 Å². The van der Waals surface area contributed by atoms with Gasteiger partial charge in [-0.25, -0.2) is 8.42 Å². The van der Waals surface area contributed by atoms with E-state index >= 15 is 0 Å². The Kier molecular flexibility index (Phi) is 8.73. The number of nitrogens with one attached hydrogen (secondary N) is 4. The normalized spacial score (nSPS) is 11.8. The molecule has 172 valence electrons. The first-order valence-corrected chi connectivity index (χ1v) is 11.3. The highest BCUT2D eigenvalue weighted by atomic mass is 32.2. The van der Waals surface area contributed by atoms with Crippen LogP contribution in [0.3, 0.4) is 0 Å². The molecule has 0 unspecified atom stereocenters. The maximum absolute atomic E-state index is 12.5. The molecule has 0 saturated heterocycles. The molecule has 0 heterocycles. The Morgan fingerprint density at radius 3 is 2.06 bits per heavy atom. The summed E-state index contributed by atoms with van der Waals surface area (Å²) in [4.78, 5) is 35.2. The number of ether oxygens (including phenoxy) is 1. The predicted molar refractivity (Wildman–Crippen MR) is 120 cm³/mol. The van der Waals surface area contributed by atoms with Gasteiger partial charge in [0.15, 0.2) is 0 Å². The third-order valence-corrected chi connectivity index (χ3v) is 5.64. The highest BCUT2D eigenvalue weighted by Crippen LogP contribution is 2.16. The number of carbonyl (C=O) groups is 3. The SMILES string of the molecule is CCOc1ccc(NC(=O)CNC(=O)[C@H](C)NS(=O)(=O)c2ccc(NC(C)=O)cc2)cc1. The Labute approximate surface area is 186 Å². The maximum atomic E-state index is 12.5. The number of hydrogen-bond acceptors (Lipinski definition) is 6. The number of anilines is 2. The number of hydrogen-bond donors (Lipinski definition) is 4. The van der Waals surface area contributed by atoms with Crippen LogP contribution in [0.25, 0.3) is 0 Å². The highest BCUT2D eigenvalue weighted by molar-refractivity contribution is 7.89. The summed E-state index contributed by atoms with van der Waals surface area (Å²) in [6.07, 6.45) is 0. The summed E-state index contributed by atoms with van der Waals surface area (Å²) in [5.74, 6) is -0.739. The van der Waals surface area contributed by atoms with Crippen molar-refractivity contribution < 1.29 is 27.5 Å². The largest absolute Gasteiger partial charge is 0.494 e. The van der Waals surface area contributed by atoms with Gasteiger partial charge in [0.2, 0.25) is 27.7 Å². The van der Waals surface area contributed by atoms with Crippen molar-refractivity contribution in [2.45, 2.75) is 31.7 Å². The van der Waals surface area contributed by atoms with E-state index in [0.29, 0.717) is 23.7 Å². The number of amides is 3. The molecule has 10 nitrogen and oxygen atoms in total. The molecule has 3 amide bonds. The van der Waals surface area contributed by atoms with E-state index in [4.69, 9.17) is 4.74 Å². The summed E-state index contributed by atoms with van der Waals surface area (Å²) in [6.45, 7) is 4.77. The smallest absolute Gasteiger partial charge is 0.243 e. The first-order chi connectivity index (χ1) is 15.1. The minimum absolute atomic E-state index is 0.0699. The van der Waals surface area contributed by atoms with E-state index in [1.807, 2.05) is 6.92 Å². The van der Waals surface area contributed by atoms with Crippen molar-refractivity contribution in [1.82, 2.24) is 10.0 Å². The monoisotopic (exact) mass is 462 g/mol. The van der Waals surface area contributed by atoms with Crippen molar-refractivity contribution in [3.8, 4) is 5.75 Å². The molecule has 11 heteroatoms. The van der Waals surface area contributed by atoms with Crippen LogP contribution >= 0.6 is 0 Å². The van der Waals surface area contributed by atoms with E-state index in [9.17, 15) is 22.8 Å². The second-order valence-electron chi connectivity index (χ2n) is 6.77. The third-order valence-electron chi connectivity index (χ3n) is 4.08. The number of carbonyl (C=O) groups excluding carboxylic acids is 3. The molecule has 4 N–H and O–H groups in total. The molecule has 0 aliphatic heterocycles. The molecule has 32 heavy (non-hydrogen) atoms. The molecule has 2 aromatic rings. The van der Waals surface area contributed by atoms with Crippen LogP contribution in [-0.4, -0.2) is 45.3 Å². The van der Waals surface area contributed by atoms with Crippen molar-refractivity contribution in [3.63, 3.8) is 0 Å². The Hall–Kier alpha value is -3.44. The topological polar surface area (TPSA) is 143 Å². The summed E-state index contributed by atoms with van der Waals surface area (Å²) in [6, 6.07) is 11.1. The minimum atomic E-state index is -3.98. The van der Waals surface area contributed by atoms with Crippen LogP contribution in [0.1, 0.15) is 20.8 Å². The second-order valence-corrected chi connectivity index (χ2v) is 8.49. The molecular formula is C21H26N4O6S. The lowest BCUT2D eigenvalue weighted by atomic mass is 10.3. The Morgan fingerprint density at radius 1 is 0.938 bits per heavy atom. The van der Waals surface area contributed by atoms with Crippen LogP contribution in [0.4, 0.5) is 11.4 Å². The van der Waals surface area contributed by atoms with Gasteiger partial charge >= 0.3 is 0 Å². The summed E-state index contributed by atoms with van der Waals surface area (Å²) in [5, 5.41) is 7.54. The Balaban J connectivity index is 1.86. The van der Waals surface area contributed by atoms with Crippen molar-refractivity contribution in [2.75, 3.05) is 23.8 Å². The second kappa shape index (κ2) is 11.3. The van der Waals surface area contributed by atoms with Crippen molar-refractivity contribution in [1.29, 1.82) is 0 Å². The quantitative estimate of drug-likeness (QED) is 0.421. The molecule has 0 aliphatic carbocycles. The molecule has 1 atom stereocenters. The van der Waals surface area contributed by atoms with E-state index in [2.05, 4.69) is 20.7 Å². The predicted octanol–water partition coefficient (Wildman–Crippen LogP) is 1.47. The third kappa shape index (κ3) is 7.67. The maximum Gasteiger partial charge on any atom is 0.243 e. The van der Waals surface area contributed by atoms with Gasteiger partial charge < -0.3 is 20.7 Å². The standard InChI is InChI=1S/C21H26N4O6S/c1-4-31-18-9-5-17(6-10-18)24-20(27)13-22-21(28)14(2)25-32(29,30)19-11-7-16(8-12-19)23-15(3)26/h5-12,14,25H,4,13H2,1-3H3,(H,22,28)(H,23,26)(H,24,27)/t14-/m0/s1. The van der Waals surface area contributed by atoms with Crippen LogP contribution in [0.2, 0.25) is 0 Å². The van der Waals surface area contributed by atoms with Crippen LogP contribution in [0, 0.1) is 0 Å². The number of rotatable bonds is 10. The van der Waals surface area contributed by atoms with E-state index in [1.165, 1.54) is 38.1 Å². The highest BCUT2D eigenvalue weighted by Gasteiger charge is 2.22. The molecule has 2 aromatic carbocycles. The molecule has 2 rings (SSSR count). The fourth-order valence-corrected chi connectivity index (χ4v) is 3.80. The van der Waals surface area contributed by atoms with Crippen LogP contribution in [0.15, 0.2) is 53.4 Å². The molecule has 0 bridgehead atoms. The summed E-state index contributed by atoms with van der Waals surface area (Å²) in [5.41, 5.74) is 0.977. The van der Waals surface area contributed by atoms with Gasteiger partial charge in [-0.3, -0.25) is 14.4 Å². The van der Waals surface area contributed by atoms with Gasteiger partial charge in [-0.2, -0.15) is 4.72 Å². The number of sulfonamides is 1. The van der Waals surface area contributed by atoms with Gasteiger partial charge in [0.1, 0.15) is 5.75 Å². The van der Waals surface area contributed by atoms with E-state index in [1.54, 1.807) is 24.3 Å². The van der Waals surface area contributed by atoms with Crippen LogP contribution in [0.5, 0.6) is 5.75 Å². The zero-order valence-electron chi connectivity index (χ0n) is 18.0. The summed E-state index contributed by atoms with van der Waals surface area (Å²) in [7, 11) is -3.98. The Morgan fingerprint density at radius 2 is 1.50 bits per heavy atom. The molecule has 0 aromatic heterocycles. The van der Waals surface area contributed by atoms with Gasteiger partial charge in [0, 0.05) is 18.3 Å². The van der Waals surface area contributed by atoms with Crippen LogP contribution in [-0.2, 0) is 24.4 Å². The number of benzene rings is 2.